The van der Waals surface area contributed by atoms with Crippen molar-refractivity contribution in [2.75, 3.05) is 13.1 Å². The minimum Gasteiger partial charge on any atom is -0.472 e. The molecule has 0 bridgehead atoms. The fourth-order valence-electron chi connectivity index (χ4n) is 2.47. The van der Waals surface area contributed by atoms with E-state index >= 15 is 0 Å². The van der Waals surface area contributed by atoms with Crippen LogP contribution in [0.5, 0.6) is 5.88 Å². The van der Waals surface area contributed by atoms with Crippen LogP contribution in [-0.2, 0) is 16.2 Å². The van der Waals surface area contributed by atoms with Gasteiger partial charge in [0.15, 0.2) is 0 Å². The summed E-state index contributed by atoms with van der Waals surface area (Å²) in [6.45, 7) is 1.70. The zero-order valence-corrected chi connectivity index (χ0v) is 15.1. The second kappa shape index (κ2) is 6.71. The monoisotopic (exact) mass is 406 g/mol. The Morgan fingerprint density at radius 2 is 1.92 bits per heavy atom. The predicted molar refractivity (Wildman–Crippen MR) is 88.6 cm³/mol. The molecule has 26 heavy (non-hydrogen) atoms. The van der Waals surface area contributed by atoms with E-state index in [2.05, 4.69) is 4.98 Å². The lowest BCUT2D eigenvalue weighted by Gasteiger charge is -2.37. The van der Waals surface area contributed by atoms with Crippen LogP contribution >= 0.6 is 11.6 Å². The highest BCUT2D eigenvalue weighted by molar-refractivity contribution is 7.89. The summed E-state index contributed by atoms with van der Waals surface area (Å²) < 4.78 is 69.8. The molecule has 0 radical (unpaired) electrons. The number of nitrogens with zero attached hydrogens (tertiary/aromatic N) is 2. The highest BCUT2D eigenvalue weighted by atomic mass is 35.5. The summed E-state index contributed by atoms with van der Waals surface area (Å²) in [5, 5.41) is 0.302. The second-order valence-electron chi connectivity index (χ2n) is 5.83. The highest BCUT2D eigenvalue weighted by Gasteiger charge is 2.39. The Kier molecular flexibility index (Phi) is 4.89. The number of aromatic nitrogens is 1. The molecule has 2 heterocycles. The maximum Gasteiger partial charge on any atom is 0.433 e. The minimum absolute atomic E-state index is 0.0201. The van der Waals surface area contributed by atoms with Crippen LogP contribution in [-0.4, -0.2) is 36.9 Å². The summed E-state index contributed by atoms with van der Waals surface area (Å²) >= 11 is 5.87. The summed E-state index contributed by atoms with van der Waals surface area (Å²) in [5.74, 6) is -0.194. The molecule has 1 saturated heterocycles. The summed E-state index contributed by atoms with van der Waals surface area (Å²) in [5.41, 5.74) is -0.508. The lowest BCUT2D eigenvalue weighted by atomic mass is 10.2. The first-order chi connectivity index (χ1) is 12.1. The van der Waals surface area contributed by atoms with Gasteiger partial charge in [0.2, 0.25) is 15.9 Å². The molecule has 1 fully saturated rings. The summed E-state index contributed by atoms with van der Waals surface area (Å²) in [7, 11) is -3.74. The average Bonchev–Trinajstić information content (AvgIpc) is 2.52. The van der Waals surface area contributed by atoms with Gasteiger partial charge in [-0.3, -0.25) is 0 Å². The summed E-state index contributed by atoms with van der Waals surface area (Å²) in [6.07, 6.45) is -5.14. The van der Waals surface area contributed by atoms with Gasteiger partial charge in [-0.2, -0.15) is 17.5 Å². The van der Waals surface area contributed by atoms with Crippen LogP contribution in [0.25, 0.3) is 0 Å². The number of benzene rings is 1. The Morgan fingerprint density at radius 1 is 1.23 bits per heavy atom. The second-order valence-corrected chi connectivity index (χ2v) is 8.17. The Bertz CT molecular complexity index is 929. The maximum atomic E-state index is 12.7. The first kappa shape index (κ1) is 18.9. The Balaban J connectivity index is 1.68. The molecule has 0 saturated carbocycles. The number of ether oxygens (including phenoxy) is 1. The zero-order valence-electron chi connectivity index (χ0n) is 13.5. The molecule has 0 unspecified atom stereocenters. The van der Waals surface area contributed by atoms with E-state index in [0.717, 1.165) is 6.07 Å². The van der Waals surface area contributed by atoms with Crippen LogP contribution in [0.15, 0.2) is 41.3 Å². The molecule has 0 N–H and O–H groups in total. The van der Waals surface area contributed by atoms with Crippen molar-refractivity contribution in [2.24, 2.45) is 0 Å². The van der Waals surface area contributed by atoms with Gasteiger partial charge in [0, 0.05) is 11.1 Å². The van der Waals surface area contributed by atoms with Crippen LogP contribution < -0.4 is 4.74 Å². The summed E-state index contributed by atoms with van der Waals surface area (Å²) in [4.78, 5) is 3.50. The van der Waals surface area contributed by atoms with Crippen molar-refractivity contribution in [2.45, 2.75) is 24.1 Å². The first-order valence-electron chi connectivity index (χ1n) is 7.54. The molecule has 1 aliphatic heterocycles. The lowest BCUT2D eigenvalue weighted by Crippen LogP contribution is -2.56. The smallest absolute Gasteiger partial charge is 0.433 e. The third-order valence-corrected chi connectivity index (χ3v) is 6.09. The first-order valence-corrected chi connectivity index (χ1v) is 9.36. The van der Waals surface area contributed by atoms with E-state index in [9.17, 15) is 21.6 Å². The SMILES string of the molecule is Cc1ccc(Cl)cc1S(=O)(=O)N1CC(Oc2cccc(C(F)(F)F)n2)C1. The number of alkyl halides is 3. The van der Waals surface area contributed by atoms with Crippen LogP contribution in [0.4, 0.5) is 13.2 Å². The standard InChI is InChI=1S/C16H14ClF3N2O3S/c1-10-5-6-11(17)7-13(10)26(23,24)22-8-12(9-22)25-15-4-2-3-14(21-15)16(18,19)20/h2-7,12H,8-9H2,1H3. The van der Waals surface area contributed by atoms with Gasteiger partial charge in [0.25, 0.3) is 0 Å². The van der Waals surface area contributed by atoms with E-state index in [0.29, 0.717) is 10.6 Å². The van der Waals surface area contributed by atoms with E-state index in [1.807, 2.05) is 0 Å². The highest BCUT2D eigenvalue weighted by Crippen LogP contribution is 2.30. The molecule has 1 aromatic carbocycles. The fourth-order valence-corrected chi connectivity index (χ4v) is 4.46. The number of pyridine rings is 1. The molecule has 2 aromatic rings. The molecule has 10 heteroatoms. The van der Waals surface area contributed by atoms with E-state index in [1.165, 1.54) is 22.5 Å². The van der Waals surface area contributed by atoms with Gasteiger partial charge in [0.05, 0.1) is 18.0 Å². The van der Waals surface area contributed by atoms with Gasteiger partial charge < -0.3 is 4.74 Å². The van der Waals surface area contributed by atoms with E-state index in [-0.39, 0.29) is 23.9 Å². The average molecular weight is 407 g/mol. The minimum atomic E-state index is -4.57. The molecule has 3 rings (SSSR count). The van der Waals surface area contributed by atoms with E-state index in [1.54, 1.807) is 19.1 Å². The lowest BCUT2D eigenvalue weighted by molar-refractivity contribution is -0.141. The number of sulfonamides is 1. The number of halogens is 4. The molecule has 0 spiro atoms. The Hall–Kier alpha value is -1.84. The van der Waals surface area contributed by atoms with Crippen LogP contribution in [0, 0.1) is 6.92 Å². The van der Waals surface area contributed by atoms with E-state index in [4.69, 9.17) is 16.3 Å². The molecule has 0 atom stereocenters. The number of hydrogen-bond acceptors (Lipinski definition) is 4. The molecule has 1 aliphatic rings. The van der Waals surface area contributed by atoms with Crippen molar-refractivity contribution in [3.63, 3.8) is 0 Å². The van der Waals surface area contributed by atoms with Gasteiger partial charge in [-0.15, -0.1) is 0 Å². The number of hydrogen-bond donors (Lipinski definition) is 0. The van der Waals surface area contributed by atoms with Gasteiger partial charge in [-0.25, -0.2) is 13.4 Å². The maximum absolute atomic E-state index is 12.7. The van der Waals surface area contributed by atoms with Gasteiger partial charge in [-0.05, 0) is 30.7 Å². The molecule has 140 valence electrons. The number of rotatable bonds is 4. The number of aryl methyl sites for hydroxylation is 1. The van der Waals surface area contributed by atoms with Crippen molar-refractivity contribution in [3.8, 4) is 5.88 Å². The van der Waals surface area contributed by atoms with Crippen LogP contribution in [0.1, 0.15) is 11.3 Å². The van der Waals surface area contributed by atoms with Crippen molar-refractivity contribution in [1.29, 1.82) is 0 Å². The zero-order chi connectivity index (χ0) is 19.1. The molecular weight excluding hydrogens is 393 g/mol. The predicted octanol–water partition coefficient (Wildman–Crippen LogP) is 3.51. The molecule has 5 nitrogen and oxygen atoms in total. The molecule has 1 aromatic heterocycles. The van der Waals surface area contributed by atoms with Crippen molar-refractivity contribution in [1.82, 2.24) is 9.29 Å². The van der Waals surface area contributed by atoms with Gasteiger partial charge in [0.1, 0.15) is 11.8 Å². The Morgan fingerprint density at radius 3 is 2.58 bits per heavy atom. The van der Waals surface area contributed by atoms with Gasteiger partial charge in [-0.1, -0.05) is 23.7 Å². The van der Waals surface area contributed by atoms with Crippen molar-refractivity contribution >= 4 is 21.6 Å². The van der Waals surface area contributed by atoms with E-state index < -0.39 is 28.0 Å². The Labute approximate surface area is 153 Å². The topological polar surface area (TPSA) is 59.5 Å². The molecule has 0 aliphatic carbocycles. The van der Waals surface area contributed by atoms with Crippen molar-refractivity contribution in [3.05, 3.63) is 52.7 Å². The molecule has 0 amide bonds. The third kappa shape index (κ3) is 3.79. The third-order valence-electron chi connectivity index (χ3n) is 3.88. The molecular formula is C16H14ClF3N2O3S. The van der Waals surface area contributed by atoms with Crippen LogP contribution in [0.2, 0.25) is 5.02 Å². The van der Waals surface area contributed by atoms with Gasteiger partial charge >= 0.3 is 6.18 Å². The fraction of sp³-hybridized carbons (Fsp3) is 0.312. The quantitative estimate of drug-likeness (QED) is 0.779. The van der Waals surface area contributed by atoms with Crippen molar-refractivity contribution < 1.29 is 26.3 Å². The normalized spacial score (nSPS) is 16.3. The largest absolute Gasteiger partial charge is 0.472 e. The van der Waals surface area contributed by atoms with Crippen LogP contribution in [0.3, 0.4) is 0 Å². The summed E-state index contributed by atoms with van der Waals surface area (Å²) in [6, 6.07) is 7.90.